The Labute approximate surface area is 152 Å². The molecule has 1 fully saturated rings. The van der Waals surface area contributed by atoms with Gasteiger partial charge in [0.05, 0.1) is 24.0 Å². The summed E-state index contributed by atoms with van der Waals surface area (Å²) in [7, 11) is 0. The van der Waals surface area contributed by atoms with Gasteiger partial charge in [-0.15, -0.1) is 0 Å². The maximum Gasteiger partial charge on any atom is 0.401 e. The van der Waals surface area contributed by atoms with Crippen LogP contribution in [0.15, 0.2) is 30.6 Å². The van der Waals surface area contributed by atoms with Crippen LogP contribution in [0.2, 0.25) is 5.15 Å². The summed E-state index contributed by atoms with van der Waals surface area (Å²) in [5.41, 5.74) is 0.612. The second-order valence-electron chi connectivity index (χ2n) is 6.07. The van der Waals surface area contributed by atoms with Crippen LogP contribution in [-0.4, -0.2) is 46.8 Å². The van der Waals surface area contributed by atoms with E-state index in [-0.39, 0.29) is 16.8 Å². The molecular formula is C17H16ClF4N3O. The summed E-state index contributed by atoms with van der Waals surface area (Å²) in [4.78, 5) is 9.37. The molecule has 4 nitrogen and oxygen atoms in total. The van der Waals surface area contributed by atoms with Crippen LogP contribution in [0.5, 0.6) is 5.75 Å². The third-order valence-electron chi connectivity index (χ3n) is 4.07. The zero-order valence-corrected chi connectivity index (χ0v) is 14.4. The standard InChI is InChI=1S/C17H16ClF4N3O/c18-16-7-14(19)13(9-24-16)15-2-1-12(8-23-15)26-11-3-5-25(6-4-11)10-17(20,21)22/h1-2,7-9,11H,3-6,10H2. The van der Waals surface area contributed by atoms with E-state index in [0.29, 0.717) is 37.4 Å². The first-order valence-electron chi connectivity index (χ1n) is 8.03. The molecule has 1 aliphatic rings. The van der Waals surface area contributed by atoms with Crippen molar-refractivity contribution in [2.75, 3.05) is 19.6 Å². The van der Waals surface area contributed by atoms with E-state index < -0.39 is 18.5 Å². The highest BCUT2D eigenvalue weighted by Crippen LogP contribution is 2.25. The zero-order valence-electron chi connectivity index (χ0n) is 13.6. The van der Waals surface area contributed by atoms with Crippen molar-refractivity contribution in [3.63, 3.8) is 0 Å². The lowest BCUT2D eigenvalue weighted by Gasteiger charge is -2.32. The Kier molecular flexibility index (Phi) is 5.62. The van der Waals surface area contributed by atoms with E-state index in [9.17, 15) is 17.6 Å². The van der Waals surface area contributed by atoms with Crippen molar-refractivity contribution in [3.8, 4) is 17.0 Å². The summed E-state index contributed by atoms with van der Waals surface area (Å²) in [6.07, 6.45) is -0.566. The van der Waals surface area contributed by atoms with Gasteiger partial charge in [-0.25, -0.2) is 9.37 Å². The molecule has 0 aliphatic carbocycles. The van der Waals surface area contributed by atoms with Crippen molar-refractivity contribution in [1.29, 1.82) is 0 Å². The van der Waals surface area contributed by atoms with Crippen LogP contribution in [0.3, 0.4) is 0 Å². The van der Waals surface area contributed by atoms with E-state index in [0.717, 1.165) is 6.07 Å². The van der Waals surface area contributed by atoms with Gasteiger partial charge < -0.3 is 4.74 Å². The Bertz CT molecular complexity index is 747. The molecule has 3 heterocycles. The topological polar surface area (TPSA) is 38.2 Å². The number of hydrogen-bond donors (Lipinski definition) is 0. The molecule has 1 aliphatic heterocycles. The molecule has 0 N–H and O–H groups in total. The van der Waals surface area contributed by atoms with Gasteiger partial charge in [0.2, 0.25) is 0 Å². The lowest BCUT2D eigenvalue weighted by atomic mass is 10.1. The average molecular weight is 390 g/mol. The Morgan fingerprint density at radius 3 is 2.46 bits per heavy atom. The van der Waals surface area contributed by atoms with Gasteiger partial charge in [-0.2, -0.15) is 13.2 Å². The van der Waals surface area contributed by atoms with Gasteiger partial charge in [0.1, 0.15) is 22.8 Å². The number of aromatic nitrogens is 2. The second kappa shape index (κ2) is 7.75. The van der Waals surface area contributed by atoms with Gasteiger partial charge >= 0.3 is 6.18 Å². The zero-order chi connectivity index (χ0) is 18.7. The summed E-state index contributed by atoms with van der Waals surface area (Å²) in [6, 6.07) is 4.36. The van der Waals surface area contributed by atoms with Crippen LogP contribution in [0.4, 0.5) is 17.6 Å². The SMILES string of the molecule is Fc1cc(Cl)ncc1-c1ccc(OC2CCN(CC(F)(F)F)CC2)cn1. The minimum atomic E-state index is -4.18. The fourth-order valence-electron chi connectivity index (χ4n) is 2.84. The molecule has 140 valence electrons. The van der Waals surface area contributed by atoms with Crippen LogP contribution in [0.25, 0.3) is 11.3 Å². The molecule has 0 amide bonds. The molecule has 2 aromatic heterocycles. The minimum Gasteiger partial charge on any atom is -0.489 e. The van der Waals surface area contributed by atoms with Gasteiger partial charge in [-0.3, -0.25) is 9.88 Å². The number of likely N-dealkylation sites (tertiary alicyclic amines) is 1. The van der Waals surface area contributed by atoms with Crippen LogP contribution >= 0.6 is 11.6 Å². The Morgan fingerprint density at radius 1 is 1.15 bits per heavy atom. The molecule has 26 heavy (non-hydrogen) atoms. The second-order valence-corrected chi connectivity index (χ2v) is 6.46. The van der Waals surface area contributed by atoms with Crippen LogP contribution in [0, 0.1) is 5.82 Å². The highest BCUT2D eigenvalue weighted by atomic mass is 35.5. The molecule has 0 bridgehead atoms. The van der Waals surface area contributed by atoms with E-state index in [1.54, 1.807) is 12.1 Å². The smallest absolute Gasteiger partial charge is 0.401 e. The molecule has 2 aromatic rings. The quantitative estimate of drug-likeness (QED) is 0.576. The Morgan fingerprint density at radius 2 is 1.88 bits per heavy atom. The molecule has 9 heteroatoms. The first-order chi connectivity index (χ1) is 12.3. The largest absolute Gasteiger partial charge is 0.489 e. The monoisotopic (exact) mass is 389 g/mol. The number of ether oxygens (including phenoxy) is 1. The lowest BCUT2D eigenvalue weighted by molar-refractivity contribution is -0.149. The van der Waals surface area contributed by atoms with E-state index in [1.165, 1.54) is 17.3 Å². The van der Waals surface area contributed by atoms with Gasteiger partial charge in [-0.1, -0.05) is 11.6 Å². The fourth-order valence-corrected chi connectivity index (χ4v) is 2.98. The van der Waals surface area contributed by atoms with Crippen LogP contribution < -0.4 is 4.74 Å². The highest BCUT2D eigenvalue weighted by molar-refractivity contribution is 6.29. The third-order valence-corrected chi connectivity index (χ3v) is 4.28. The van der Waals surface area contributed by atoms with Crippen LogP contribution in [-0.2, 0) is 0 Å². The minimum absolute atomic E-state index is 0.0584. The molecule has 1 saturated heterocycles. The third kappa shape index (κ3) is 5.04. The van der Waals surface area contributed by atoms with Crippen molar-refractivity contribution in [3.05, 3.63) is 41.6 Å². The summed E-state index contributed by atoms with van der Waals surface area (Å²) in [6.45, 7) is -0.231. The van der Waals surface area contributed by atoms with E-state index >= 15 is 0 Å². The Hall–Kier alpha value is -1.93. The molecule has 0 aromatic carbocycles. The van der Waals surface area contributed by atoms with Crippen molar-refractivity contribution in [2.45, 2.75) is 25.1 Å². The molecule has 0 saturated carbocycles. The summed E-state index contributed by atoms with van der Waals surface area (Å²) in [5.74, 6) is -0.0337. The number of nitrogens with zero attached hydrogens (tertiary/aromatic N) is 3. The van der Waals surface area contributed by atoms with Gasteiger partial charge in [0.25, 0.3) is 0 Å². The number of rotatable bonds is 4. The number of alkyl halides is 3. The molecule has 0 radical (unpaired) electrons. The van der Waals surface area contributed by atoms with E-state index in [2.05, 4.69) is 9.97 Å². The maximum atomic E-state index is 13.9. The van der Waals surface area contributed by atoms with Crippen molar-refractivity contribution in [1.82, 2.24) is 14.9 Å². The molecular weight excluding hydrogens is 374 g/mol. The number of piperidine rings is 1. The number of halogens is 5. The van der Waals surface area contributed by atoms with E-state index in [1.807, 2.05) is 0 Å². The summed E-state index contributed by atoms with van der Waals surface area (Å²) in [5, 5.41) is 0.0584. The first kappa shape index (κ1) is 18.8. The molecule has 0 unspecified atom stereocenters. The fraction of sp³-hybridized carbons (Fsp3) is 0.412. The Balaban J connectivity index is 1.57. The average Bonchev–Trinajstić information content (AvgIpc) is 2.56. The first-order valence-corrected chi connectivity index (χ1v) is 8.41. The predicted octanol–water partition coefficient (Wildman–Crippen LogP) is 4.34. The molecule has 0 spiro atoms. The molecule has 3 rings (SSSR count). The van der Waals surface area contributed by atoms with Gasteiger partial charge in [-0.05, 0) is 25.0 Å². The van der Waals surface area contributed by atoms with E-state index in [4.69, 9.17) is 16.3 Å². The highest BCUT2D eigenvalue weighted by Gasteiger charge is 2.32. The summed E-state index contributed by atoms with van der Waals surface area (Å²) < 4.78 is 56.8. The normalized spacial score (nSPS) is 16.7. The molecule has 0 atom stereocenters. The maximum absolute atomic E-state index is 13.9. The summed E-state index contributed by atoms with van der Waals surface area (Å²) >= 11 is 5.63. The van der Waals surface area contributed by atoms with Crippen molar-refractivity contribution < 1.29 is 22.3 Å². The number of pyridine rings is 2. The number of hydrogen-bond acceptors (Lipinski definition) is 4. The van der Waals surface area contributed by atoms with Crippen molar-refractivity contribution >= 4 is 11.6 Å². The van der Waals surface area contributed by atoms with Crippen molar-refractivity contribution in [2.24, 2.45) is 0 Å². The van der Waals surface area contributed by atoms with Gasteiger partial charge in [0, 0.05) is 25.4 Å². The van der Waals surface area contributed by atoms with Gasteiger partial charge in [0.15, 0.2) is 0 Å². The predicted molar refractivity (Wildman–Crippen MR) is 88.6 cm³/mol. The lowest BCUT2D eigenvalue weighted by Crippen LogP contribution is -2.42. The van der Waals surface area contributed by atoms with Crippen LogP contribution in [0.1, 0.15) is 12.8 Å².